The third kappa shape index (κ3) is 3.36. The molecular formula is C13H18BF4N. The van der Waals surface area contributed by atoms with Gasteiger partial charge in [0.15, 0.2) is 5.71 Å². The Morgan fingerprint density at radius 1 is 1.05 bits per heavy atom. The van der Waals surface area contributed by atoms with Gasteiger partial charge in [-0.25, -0.2) is 4.58 Å². The van der Waals surface area contributed by atoms with Crippen molar-refractivity contribution >= 4 is 18.7 Å². The SMILES string of the molecule is CC1=[N+](C)c2c(C)cccc2C1(C)C.F[B-](F)(F)F. The largest absolute Gasteiger partial charge is 0.673 e. The molecule has 1 heterocycles. The van der Waals surface area contributed by atoms with Crippen molar-refractivity contribution in [1.82, 2.24) is 0 Å². The molecule has 0 aromatic heterocycles. The number of benzene rings is 1. The fraction of sp³-hybridized carbons (Fsp3) is 0.462. The Kier molecular flexibility index (Phi) is 4.13. The number of hydrogen-bond acceptors (Lipinski definition) is 0. The minimum absolute atomic E-state index is 0.191. The topological polar surface area (TPSA) is 3.01 Å². The Bertz CT molecular complexity index is 512. The zero-order valence-electron chi connectivity index (χ0n) is 11.8. The smallest absolute Gasteiger partial charge is 0.418 e. The van der Waals surface area contributed by atoms with Gasteiger partial charge in [-0.3, -0.25) is 0 Å². The summed E-state index contributed by atoms with van der Waals surface area (Å²) in [4.78, 5) is 0. The van der Waals surface area contributed by atoms with Gasteiger partial charge in [-0.2, -0.15) is 0 Å². The molecule has 0 unspecified atom stereocenters. The van der Waals surface area contributed by atoms with Crippen LogP contribution in [0.15, 0.2) is 18.2 Å². The number of fused-ring (bicyclic) bond motifs is 1. The second kappa shape index (κ2) is 4.98. The molecule has 1 nitrogen and oxygen atoms in total. The van der Waals surface area contributed by atoms with Gasteiger partial charge in [0, 0.05) is 18.1 Å². The second-order valence-electron chi connectivity index (χ2n) is 5.24. The summed E-state index contributed by atoms with van der Waals surface area (Å²) in [6.07, 6.45) is 0. The van der Waals surface area contributed by atoms with E-state index in [2.05, 4.69) is 57.5 Å². The molecule has 19 heavy (non-hydrogen) atoms. The van der Waals surface area contributed by atoms with Crippen molar-refractivity contribution < 1.29 is 21.8 Å². The van der Waals surface area contributed by atoms with E-state index < -0.39 is 7.25 Å². The lowest BCUT2D eigenvalue weighted by atomic mass is 9.82. The molecule has 1 aliphatic heterocycles. The van der Waals surface area contributed by atoms with E-state index in [0.29, 0.717) is 0 Å². The second-order valence-corrected chi connectivity index (χ2v) is 5.24. The highest BCUT2D eigenvalue weighted by Gasteiger charge is 2.41. The van der Waals surface area contributed by atoms with Gasteiger partial charge in [0.2, 0.25) is 5.69 Å². The fourth-order valence-electron chi connectivity index (χ4n) is 2.39. The summed E-state index contributed by atoms with van der Waals surface area (Å²) in [5.74, 6) is 0. The van der Waals surface area contributed by atoms with Crippen molar-refractivity contribution in [3.8, 4) is 0 Å². The van der Waals surface area contributed by atoms with E-state index in [1.54, 1.807) is 0 Å². The predicted molar refractivity (Wildman–Crippen MR) is 70.9 cm³/mol. The van der Waals surface area contributed by atoms with Crippen LogP contribution in [0.1, 0.15) is 31.9 Å². The molecule has 0 saturated heterocycles. The highest BCUT2D eigenvalue weighted by Crippen LogP contribution is 2.40. The first-order valence-electron chi connectivity index (χ1n) is 6.01. The molecule has 1 aromatic carbocycles. The van der Waals surface area contributed by atoms with E-state index in [4.69, 9.17) is 0 Å². The van der Waals surface area contributed by atoms with Gasteiger partial charge in [0.1, 0.15) is 7.05 Å². The maximum absolute atomic E-state index is 9.75. The zero-order valence-corrected chi connectivity index (χ0v) is 11.8. The first-order chi connectivity index (χ1) is 8.46. The Morgan fingerprint density at radius 2 is 1.53 bits per heavy atom. The van der Waals surface area contributed by atoms with Crippen LogP contribution in [-0.4, -0.2) is 24.6 Å². The Balaban J connectivity index is 0.000000312. The van der Waals surface area contributed by atoms with E-state index in [9.17, 15) is 17.3 Å². The van der Waals surface area contributed by atoms with E-state index >= 15 is 0 Å². The number of rotatable bonds is 0. The minimum Gasteiger partial charge on any atom is -0.418 e. The van der Waals surface area contributed by atoms with Crippen LogP contribution in [0.2, 0.25) is 0 Å². The van der Waals surface area contributed by atoms with Crippen LogP contribution >= 0.6 is 0 Å². The summed E-state index contributed by atoms with van der Waals surface area (Å²) in [5, 5.41) is 0. The molecule has 0 N–H and O–H groups in total. The third-order valence-corrected chi connectivity index (χ3v) is 3.65. The Labute approximate surface area is 111 Å². The Morgan fingerprint density at radius 3 is 1.95 bits per heavy atom. The van der Waals surface area contributed by atoms with Gasteiger partial charge in [-0.1, -0.05) is 18.2 Å². The van der Waals surface area contributed by atoms with E-state index in [1.165, 1.54) is 22.5 Å². The van der Waals surface area contributed by atoms with Crippen molar-refractivity contribution in [3.63, 3.8) is 0 Å². The first-order valence-corrected chi connectivity index (χ1v) is 6.01. The molecule has 1 aromatic rings. The van der Waals surface area contributed by atoms with Crippen LogP contribution in [0.25, 0.3) is 0 Å². The highest BCUT2D eigenvalue weighted by molar-refractivity contribution is 6.50. The lowest BCUT2D eigenvalue weighted by molar-refractivity contribution is -0.403. The van der Waals surface area contributed by atoms with Crippen LogP contribution in [0.3, 0.4) is 0 Å². The molecule has 0 fully saturated rings. The van der Waals surface area contributed by atoms with Crippen LogP contribution in [0.5, 0.6) is 0 Å². The summed E-state index contributed by atoms with van der Waals surface area (Å²) in [5.41, 5.74) is 5.85. The molecular weight excluding hydrogens is 257 g/mol. The lowest BCUT2D eigenvalue weighted by Crippen LogP contribution is -2.25. The van der Waals surface area contributed by atoms with E-state index in [1.807, 2.05) is 0 Å². The van der Waals surface area contributed by atoms with Crippen molar-refractivity contribution in [3.05, 3.63) is 29.3 Å². The van der Waals surface area contributed by atoms with Crippen molar-refractivity contribution in [2.75, 3.05) is 7.05 Å². The molecule has 0 spiro atoms. The monoisotopic (exact) mass is 275 g/mol. The van der Waals surface area contributed by atoms with Crippen molar-refractivity contribution in [1.29, 1.82) is 0 Å². The average Bonchev–Trinajstić information content (AvgIpc) is 2.39. The van der Waals surface area contributed by atoms with Crippen LogP contribution in [-0.2, 0) is 5.41 Å². The lowest BCUT2D eigenvalue weighted by Gasteiger charge is -2.14. The normalized spacial score (nSPS) is 16.9. The minimum atomic E-state index is -6.00. The summed E-state index contributed by atoms with van der Waals surface area (Å²) >= 11 is 0. The quantitative estimate of drug-likeness (QED) is 0.377. The van der Waals surface area contributed by atoms with Gasteiger partial charge in [0.25, 0.3) is 0 Å². The predicted octanol–water partition coefficient (Wildman–Crippen LogP) is 4.32. The third-order valence-electron chi connectivity index (χ3n) is 3.65. The van der Waals surface area contributed by atoms with Gasteiger partial charge in [-0.05, 0) is 20.8 Å². The summed E-state index contributed by atoms with van der Waals surface area (Å²) in [6, 6.07) is 6.59. The van der Waals surface area contributed by atoms with Gasteiger partial charge in [-0.15, -0.1) is 0 Å². The first kappa shape index (κ1) is 15.7. The van der Waals surface area contributed by atoms with E-state index in [0.717, 1.165) is 0 Å². The number of hydrogen-bond donors (Lipinski definition) is 0. The van der Waals surface area contributed by atoms with E-state index in [-0.39, 0.29) is 5.41 Å². The van der Waals surface area contributed by atoms with Gasteiger partial charge in [0.05, 0.1) is 5.41 Å². The summed E-state index contributed by atoms with van der Waals surface area (Å²) < 4.78 is 41.3. The molecule has 0 saturated carbocycles. The van der Waals surface area contributed by atoms with Crippen molar-refractivity contribution in [2.24, 2.45) is 0 Å². The van der Waals surface area contributed by atoms with Crippen LogP contribution in [0, 0.1) is 6.92 Å². The molecule has 0 amide bonds. The van der Waals surface area contributed by atoms with Gasteiger partial charge < -0.3 is 17.3 Å². The molecule has 1 aliphatic rings. The molecule has 6 heteroatoms. The summed E-state index contributed by atoms with van der Waals surface area (Å²) in [7, 11) is -3.84. The fourth-order valence-corrected chi connectivity index (χ4v) is 2.39. The molecule has 0 aliphatic carbocycles. The number of nitrogens with zero attached hydrogens (tertiary/aromatic N) is 1. The van der Waals surface area contributed by atoms with Crippen LogP contribution < -0.4 is 0 Å². The summed E-state index contributed by atoms with van der Waals surface area (Å²) in [6.45, 7) is 9.00. The van der Waals surface area contributed by atoms with Gasteiger partial charge >= 0.3 is 7.25 Å². The molecule has 2 rings (SSSR count). The Hall–Kier alpha value is -1.33. The molecule has 0 atom stereocenters. The standard InChI is InChI=1S/C13H18N.BF4/c1-9-7-6-8-11-12(9)14(5)10(2)13(11,3)4;2-1(3,4)5/h6-8H,1-5H3;/q+1;-1. The maximum atomic E-state index is 9.75. The van der Waals surface area contributed by atoms with Crippen molar-refractivity contribution in [2.45, 2.75) is 33.1 Å². The highest BCUT2D eigenvalue weighted by atomic mass is 19.5. The molecule has 0 radical (unpaired) electrons. The van der Waals surface area contributed by atoms with Crippen LogP contribution in [0.4, 0.5) is 23.0 Å². The zero-order chi connectivity index (χ0) is 15.0. The number of aryl methyl sites for hydroxylation is 1. The molecule has 0 bridgehead atoms. The average molecular weight is 275 g/mol. The number of para-hydroxylation sites is 1. The molecule has 106 valence electrons. The number of halogens is 4. The maximum Gasteiger partial charge on any atom is 0.673 e.